The van der Waals surface area contributed by atoms with Crippen molar-refractivity contribution in [3.8, 4) is 11.5 Å². The summed E-state index contributed by atoms with van der Waals surface area (Å²) in [5.74, 6) is 0.754. The van der Waals surface area contributed by atoms with Gasteiger partial charge in [-0.15, -0.1) is 0 Å². The van der Waals surface area contributed by atoms with Gasteiger partial charge in [-0.05, 0) is 47.1 Å². The van der Waals surface area contributed by atoms with Crippen LogP contribution in [0.2, 0.25) is 0 Å². The molecule has 2 rings (SSSR count). The summed E-state index contributed by atoms with van der Waals surface area (Å²) >= 11 is 2.04. The van der Waals surface area contributed by atoms with Gasteiger partial charge in [0.2, 0.25) is 0 Å². The molecule has 1 N–H and O–H groups in total. The Balaban J connectivity index is 2.67. The quantitative estimate of drug-likeness (QED) is 0.843. The van der Waals surface area contributed by atoms with Crippen molar-refractivity contribution in [3.63, 3.8) is 0 Å². The van der Waals surface area contributed by atoms with Gasteiger partial charge in [-0.1, -0.05) is 19.9 Å². The van der Waals surface area contributed by atoms with Gasteiger partial charge < -0.3 is 4.98 Å². The highest BCUT2D eigenvalue weighted by molar-refractivity contribution is 14.1. The SMILES string of the molecule is Cc1cccnc1-c1nc(C(C)C)c(I)c(=O)[nH]1. The van der Waals surface area contributed by atoms with Gasteiger partial charge in [-0.2, -0.15) is 0 Å². The Hall–Kier alpha value is -1.24. The minimum Gasteiger partial charge on any atom is -0.304 e. The minimum atomic E-state index is -0.102. The first-order chi connectivity index (χ1) is 8.50. The van der Waals surface area contributed by atoms with E-state index in [1.807, 2.05) is 55.5 Å². The Morgan fingerprint density at radius 3 is 2.72 bits per heavy atom. The van der Waals surface area contributed by atoms with Crippen LogP contribution in [0.1, 0.15) is 31.0 Å². The summed E-state index contributed by atoms with van der Waals surface area (Å²) in [6.45, 7) is 6.01. The smallest absolute Gasteiger partial charge is 0.264 e. The highest BCUT2D eigenvalue weighted by atomic mass is 127. The maximum absolute atomic E-state index is 11.9. The van der Waals surface area contributed by atoms with Crippen molar-refractivity contribution < 1.29 is 0 Å². The second-order valence-electron chi connectivity index (χ2n) is 4.44. The largest absolute Gasteiger partial charge is 0.304 e. The average molecular weight is 355 g/mol. The topological polar surface area (TPSA) is 58.6 Å². The zero-order valence-corrected chi connectivity index (χ0v) is 12.6. The predicted octanol–water partition coefficient (Wildman–Crippen LogP) is 2.87. The molecule has 0 aliphatic carbocycles. The van der Waals surface area contributed by atoms with Gasteiger partial charge in [-0.25, -0.2) is 4.98 Å². The van der Waals surface area contributed by atoms with E-state index in [9.17, 15) is 4.79 Å². The van der Waals surface area contributed by atoms with Crippen LogP contribution in [-0.2, 0) is 0 Å². The molecule has 0 aliphatic heterocycles. The van der Waals surface area contributed by atoms with Gasteiger partial charge in [0.25, 0.3) is 5.56 Å². The Labute approximate surface area is 119 Å². The van der Waals surface area contributed by atoms with Crippen LogP contribution in [0.3, 0.4) is 0 Å². The molecule has 0 bridgehead atoms. The fourth-order valence-corrected chi connectivity index (χ4v) is 2.58. The van der Waals surface area contributed by atoms with Crippen LogP contribution in [0.4, 0.5) is 0 Å². The minimum absolute atomic E-state index is 0.102. The first-order valence-electron chi connectivity index (χ1n) is 5.72. The highest BCUT2D eigenvalue weighted by Crippen LogP contribution is 2.20. The Morgan fingerprint density at radius 1 is 1.39 bits per heavy atom. The average Bonchev–Trinajstić information content (AvgIpc) is 2.33. The van der Waals surface area contributed by atoms with E-state index in [0.29, 0.717) is 9.39 Å². The fourth-order valence-electron chi connectivity index (χ4n) is 1.70. The lowest BCUT2D eigenvalue weighted by Gasteiger charge is -2.10. The molecule has 18 heavy (non-hydrogen) atoms. The summed E-state index contributed by atoms with van der Waals surface area (Å²) in [6.07, 6.45) is 1.70. The third-order valence-corrected chi connectivity index (χ3v) is 3.71. The standard InChI is InChI=1S/C13H14IN3O/c1-7(2)10-9(14)13(18)17-12(16-10)11-8(3)5-4-6-15-11/h4-7H,1-3H3,(H,16,17,18). The van der Waals surface area contributed by atoms with Crippen molar-refractivity contribution in [2.75, 3.05) is 0 Å². The molecule has 0 amide bonds. The van der Waals surface area contributed by atoms with E-state index in [-0.39, 0.29) is 11.5 Å². The van der Waals surface area contributed by atoms with Crippen molar-refractivity contribution >= 4 is 22.6 Å². The molecule has 2 heterocycles. The molecule has 4 nitrogen and oxygen atoms in total. The first kappa shape index (κ1) is 13.2. The van der Waals surface area contributed by atoms with Crippen molar-refractivity contribution in [2.45, 2.75) is 26.7 Å². The number of rotatable bonds is 2. The van der Waals surface area contributed by atoms with Crippen molar-refractivity contribution in [2.24, 2.45) is 0 Å². The molecule has 0 fully saturated rings. The van der Waals surface area contributed by atoms with Gasteiger partial charge in [-0.3, -0.25) is 9.78 Å². The van der Waals surface area contributed by atoms with E-state index in [0.717, 1.165) is 17.0 Å². The van der Waals surface area contributed by atoms with Crippen LogP contribution < -0.4 is 5.56 Å². The van der Waals surface area contributed by atoms with Gasteiger partial charge in [0.05, 0.1) is 9.26 Å². The first-order valence-corrected chi connectivity index (χ1v) is 6.80. The molecule has 94 valence electrons. The van der Waals surface area contributed by atoms with Crippen LogP contribution in [0.25, 0.3) is 11.5 Å². The molecular formula is C13H14IN3O. The molecule has 0 aliphatic rings. The van der Waals surface area contributed by atoms with Gasteiger partial charge >= 0.3 is 0 Å². The molecule has 5 heteroatoms. The molecule has 2 aromatic heterocycles. The third kappa shape index (κ3) is 2.45. The van der Waals surface area contributed by atoms with Crippen LogP contribution in [-0.4, -0.2) is 15.0 Å². The van der Waals surface area contributed by atoms with Crippen LogP contribution in [0, 0.1) is 10.5 Å². The second kappa shape index (κ2) is 5.17. The molecule has 0 radical (unpaired) electrons. The van der Waals surface area contributed by atoms with E-state index < -0.39 is 0 Å². The summed E-state index contributed by atoms with van der Waals surface area (Å²) in [4.78, 5) is 23.5. The van der Waals surface area contributed by atoms with Crippen molar-refractivity contribution in [1.29, 1.82) is 0 Å². The van der Waals surface area contributed by atoms with E-state index in [2.05, 4.69) is 15.0 Å². The maximum atomic E-state index is 11.9. The number of nitrogens with zero attached hydrogens (tertiary/aromatic N) is 2. The lowest BCUT2D eigenvalue weighted by molar-refractivity contribution is 0.801. The number of aromatic amines is 1. The maximum Gasteiger partial charge on any atom is 0.264 e. The Bertz CT molecular complexity index is 634. The number of halogens is 1. The number of nitrogens with one attached hydrogen (secondary N) is 1. The predicted molar refractivity (Wildman–Crippen MR) is 79.6 cm³/mol. The van der Waals surface area contributed by atoms with E-state index in [1.165, 1.54) is 0 Å². The third-order valence-electron chi connectivity index (χ3n) is 2.67. The lowest BCUT2D eigenvalue weighted by atomic mass is 10.1. The van der Waals surface area contributed by atoms with Gasteiger partial charge in [0.15, 0.2) is 5.82 Å². The monoisotopic (exact) mass is 355 g/mol. The fraction of sp³-hybridized carbons (Fsp3) is 0.308. The molecule has 0 saturated carbocycles. The molecule has 0 aromatic carbocycles. The number of aromatic nitrogens is 3. The summed E-state index contributed by atoms with van der Waals surface area (Å²) in [7, 11) is 0. The zero-order valence-electron chi connectivity index (χ0n) is 10.5. The van der Waals surface area contributed by atoms with Crippen LogP contribution in [0.15, 0.2) is 23.1 Å². The highest BCUT2D eigenvalue weighted by Gasteiger charge is 2.14. The second-order valence-corrected chi connectivity index (χ2v) is 5.52. The lowest BCUT2D eigenvalue weighted by Crippen LogP contribution is -2.17. The van der Waals surface area contributed by atoms with Crippen molar-refractivity contribution in [1.82, 2.24) is 15.0 Å². The van der Waals surface area contributed by atoms with E-state index >= 15 is 0 Å². The summed E-state index contributed by atoms with van der Waals surface area (Å²) in [6, 6.07) is 3.82. The normalized spacial score (nSPS) is 10.9. The molecular weight excluding hydrogens is 341 g/mol. The van der Waals surface area contributed by atoms with E-state index in [1.54, 1.807) is 6.20 Å². The van der Waals surface area contributed by atoms with Crippen molar-refractivity contribution in [3.05, 3.63) is 43.5 Å². The molecule has 0 unspecified atom stereocenters. The van der Waals surface area contributed by atoms with Gasteiger partial charge in [0, 0.05) is 6.20 Å². The van der Waals surface area contributed by atoms with Crippen LogP contribution >= 0.6 is 22.6 Å². The number of hydrogen-bond donors (Lipinski definition) is 1. The van der Waals surface area contributed by atoms with E-state index in [4.69, 9.17) is 0 Å². The number of pyridine rings is 1. The molecule has 0 spiro atoms. The Kier molecular flexibility index (Phi) is 3.79. The summed E-state index contributed by atoms with van der Waals surface area (Å²) in [5, 5.41) is 0. The molecule has 0 atom stereocenters. The molecule has 0 saturated heterocycles. The number of H-pyrrole nitrogens is 1. The summed E-state index contributed by atoms with van der Waals surface area (Å²) in [5.41, 5.74) is 2.44. The Morgan fingerprint density at radius 2 is 2.11 bits per heavy atom. The summed E-state index contributed by atoms with van der Waals surface area (Å²) < 4.78 is 0.653. The number of hydrogen-bond acceptors (Lipinski definition) is 3. The van der Waals surface area contributed by atoms with Crippen LogP contribution in [0.5, 0.6) is 0 Å². The number of aryl methyl sites for hydroxylation is 1. The van der Waals surface area contributed by atoms with Gasteiger partial charge in [0.1, 0.15) is 5.69 Å². The zero-order chi connectivity index (χ0) is 13.3. The molecule has 2 aromatic rings.